The van der Waals surface area contributed by atoms with Gasteiger partial charge in [0, 0.05) is 10.7 Å². The fraction of sp³-hybridized carbons (Fsp3) is 0.120. The summed E-state index contributed by atoms with van der Waals surface area (Å²) in [4.78, 5) is 12.6. The maximum absolute atomic E-state index is 12.6. The second-order valence-corrected chi connectivity index (χ2v) is 7.58. The first-order chi connectivity index (χ1) is 15.0. The van der Waals surface area contributed by atoms with Crippen LogP contribution in [0.2, 0.25) is 10.0 Å². The van der Waals surface area contributed by atoms with Crippen molar-refractivity contribution in [2.24, 2.45) is 0 Å². The van der Waals surface area contributed by atoms with Gasteiger partial charge in [-0.1, -0.05) is 66.5 Å². The third-order valence-corrected chi connectivity index (χ3v) is 5.13. The van der Waals surface area contributed by atoms with Gasteiger partial charge in [-0.05, 0) is 59.5 Å². The van der Waals surface area contributed by atoms with Crippen molar-refractivity contribution in [3.8, 4) is 11.8 Å². The highest BCUT2D eigenvalue weighted by Gasteiger charge is 2.12. The molecular formula is C25H20Cl2N2O2. The van der Waals surface area contributed by atoms with E-state index in [-0.39, 0.29) is 5.57 Å². The van der Waals surface area contributed by atoms with E-state index in [9.17, 15) is 10.1 Å². The van der Waals surface area contributed by atoms with Crippen molar-refractivity contribution >= 4 is 40.9 Å². The summed E-state index contributed by atoms with van der Waals surface area (Å²) in [6.07, 6.45) is 2.27. The summed E-state index contributed by atoms with van der Waals surface area (Å²) >= 11 is 12.2. The normalized spacial score (nSPS) is 11.0. The van der Waals surface area contributed by atoms with E-state index in [2.05, 4.69) is 5.32 Å². The van der Waals surface area contributed by atoms with Crippen LogP contribution in [0.15, 0.2) is 72.3 Å². The molecule has 3 rings (SSSR count). The molecule has 0 atom stereocenters. The molecule has 0 spiro atoms. The summed E-state index contributed by atoms with van der Waals surface area (Å²) in [6, 6.07) is 21.9. The number of hydrogen-bond acceptors (Lipinski definition) is 3. The van der Waals surface area contributed by atoms with Gasteiger partial charge in [0.15, 0.2) is 0 Å². The number of ether oxygens (including phenoxy) is 1. The predicted octanol–water partition coefficient (Wildman–Crippen LogP) is 6.68. The molecule has 0 saturated carbocycles. The first-order valence-electron chi connectivity index (χ1n) is 9.68. The van der Waals surface area contributed by atoms with Crippen molar-refractivity contribution in [3.05, 3.63) is 99.0 Å². The number of rotatable bonds is 7. The third kappa shape index (κ3) is 6.11. The van der Waals surface area contributed by atoms with Crippen molar-refractivity contribution in [1.29, 1.82) is 5.26 Å². The Labute approximate surface area is 191 Å². The summed E-state index contributed by atoms with van der Waals surface area (Å²) in [5, 5.41) is 13.3. The molecule has 0 fully saturated rings. The summed E-state index contributed by atoms with van der Waals surface area (Å²) in [7, 11) is 0. The molecular weight excluding hydrogens is 431 g/mol. The number of nitrogens with one attached hydrogen (secondary N) is 1. The Morgan fingerprint density at radius 2 is 1.84 bits per heavy atom. The molecule has 0 bridgehead atoms. The highest BCUT2D eigenvalue weighted by Crippen LogP contribution is 2.27. The molecule has 4 nitrogen and oxygen atoms in total. The summed E-state index contributed by atoms with van der Waals surface area (Å²) in [6.45, 7) is 2.35. The monoisotopic (exact) mass is 450 g/mol. The van der Waals surface area contributed by atoms with Gasteiger partial charge in [-0.2, -0.15) is 5.26 Å². The quantitative estimate of drug-likeness (QED) is 0.322. The predicted molar refractivity (Wildman–Crippen MR) is 125 cm³/mol. The number of carbonyl (C=O) groups excluding carboxylic acids is 1. The van der Waals surface area contributed by atoms with Crippen molar-refractivity contribution < 1.29 is 9.53 Å². The number of anilines is 1. The molecule has 0 aliphatic heterocycles. The van der Waals surface area contributed by atoms with Crippen LogP contribution < -0.4 is 10.1 Å². The Morgan fingerprint density at radius 1 is 1.10 bits per heavy atom. The van der Waals surface area contributed by atoms with Crippen LogP contribution in [0, 0.1) is 11.3 Å². The molecule has 31 heavy (non-hydrogen) atoms. The molecule has 3 aromatic rings. The molecule has 1 N–H and O–H groups in total. The zero-order chi connectivity index (χ0) is 22.2. The van der Waals surface area contributed by atoms with Gasteiger partial charge in [-0.15, -0.1) is 0 Å². The van der Waals surface area contributed by atoms with Crippen LogP contribution in [0.3, 0.4) is 0 Å². The minimum absolute atomic E-state index is 0.0168. The molecule has 0 aliphatic rings. The molecule has 156 valence electrons. The van der Waals surface area contributed by atoms with Crippen LogP contribution in [0.5, 0.6) is 5.75 Å². The number of benzene rings is 3. The molecule has 0 heterocycles. The molecule has 3 aromatic carbocycles. The number of nitriles is 1. The van der Waals surface area contributed by atoms with E-state index in [1.54, 1.807) is 30.3 Å². The van der Waals surface area contributed by atoms with E-state index in [4.69, 9.17) is 27.9 Å². The third-order valence-electron chi connectivity index (χ3n) is 4.59. The number of aryl methyl sites for hydroxylation is 1. The summed E-state index contributed by atoms with van der Waals surface area (Å²) < 4.78 is 5.76. The van der Waals surface area contributed by atoms with Crippen LogP contribution in [0.4, 0.5) is 5.69 Å². The highest BCUT2D eigenvalue weighted by atomic mass is 35.5. The second-order valence-electron chi connectivity index (χ2n) is 6.74. The Kier molecular flexibility index (Phi) is 7.72. The summed E-state index contributed by atoms with van der Waals surface area (Å²) in [5.74, 6) is 0.0381. The first-order valence-corrected chi connectivity index (χ1v) is 10.4. The lowest BCUT2D eigenvalue weighted by Crippen LogP contribution is -2.14. The van der Waals surface area contributed by atoms with Gasteiger partial charge in [-0.3, -0.25) is 4.79 Å². The lowest BCUT2D eigenvalue weighted by Gasteiger charge is -2.10. The Balaban J connectivity index is 1.72. The second kappa shape index (κ2) is 10.7. The van der Waals surface area contributed by atoms with Gasteiger partial charge in [-0.25, -0.2) is 0 Å². The van der Waals surface area contributed by atoms with E-state index >= 15 is 0 Å². The standard InChI is InChI=1S/C25H20Cl2N2O2/c1-2-19-5-3-4-6-23(19)29-25(30)20(15-28)13-18-9-12-24(22(27)14-18)31-16-17-7-10-21(26)11-8-17/h3-14H,2,16H2,1H3,(H,29,30)/b20-13+. The highest BCUT2D eigenvalue weighted by molar-refractivity contribution is 6.32. The van der Waals surface area contributed by atoms with Crippen LogP contribution in [-0.2, 0) is 17.8 Å². The van der Waals surface area contributed by atoms with Gasteiger partial charge in [0.05, 0.1) is 5.02 Å². The Hall–Kier alpha value is -3.26. The van der Waals surface area contributed by atoms with Gasteiger partial charge < -0.3 is 10.1 Å². The number of para-hydroxylation sites is 1. The fourth-order valence-corrected chi connectivity index (χ4v) is 3.29. The Morgan fingerprint density at radius 3 is 2.52 bits per heavy atom. The van der Waals surface area contributed by atoms with Crippen LogP contribution in [-0.4, -0.2) is 5.91 Å². The molecule has 1 amide bonds. The fourth-order valence-electron chi connectivity index (χ4n) is 2.92. The minimum Gasteiger partial charge on any atom is -0.487 e. The number of hydrogen-bond donors (Lipinski definition) is 1. The van der Waals surface area contributed by atoms with E-state index in [1.807, 2.05) is 49.4 Å². The SMILES string of the molecule is CCc1ccccc1NC(=O)/C(C#N)=C/c1ccc(OCc2ccc(Cl)cc2)c(Cl)c1. The first kappa shape index (κ1) is 22.4. The van der Waals surface area contributed by atoms with E-state index in [0.29, 0.717) is 33.7 Å². The Bertz CT molecular complexity index is 1150. The minimum atomic E-state index is -0.470. The smallest absolute Gasteiger partial charge is 0.266 e. The lowest BCUT2D eigenvalue weighted by molar-refractivity contribution is -0.112. The maximum Gasteiger partial charge on any atom is 0.266 e. The van der Waals surface area contributed by atoms with Crippen molar-refractivity contribution in [2.45, 2.75) is 20.0 Å². The van der Waals surface area contributed by atoms with Gasteiger partial charge in [0.25, 0.3) is 5.91 Å². The zero-order valence-corrected chi connectivity index (χ0v) is 18.4. The van der Waals surface area contributed by atoms with E-state index in [1.165, 1.54) is 6.08 Å². The molecule has 0 aliphatic carbocycles. The maximum atomic E-state index is 12.6. The van der Waals surface area contributed by atoms with Crippen molar-refractivity contribution in [1.82, 2.24) is 0 Å². The zero-order valence-electron chi connectivity index (χ0n) is 16.9. The number of nitrogens with zero attached hydrogens (tertiary/aromatic N) is 1. The topological polar surface area (TPSA) is 62.1 Å². The van der Waals surface area contributed by atoms with E-state index < -0.39 is 5.91 Å². The number of carbonyl (C=O) groups is 1. The van der Waals surface area contributed by atoms with Gasteiger partial charge in [0.2, 0.25) is 0 Å². The lowest BCUT2D eigenvalue weighted by atomic mass is 10.1. The van der Waals surface area contributed by atoms with Gasteiger partial charge >= 0.3 is 0 Å². The molecule has 0 saturated heterocycles. The average Bonchev–Trinajstić information content (AvgIpc) is 2.78. The summed E-state index contributed by atoms with van der Waals surface area (Å²) in [5.41, 5.74) is 3.26. The van der Waals surface area contributed by atoms with Crippen LogP contribution in [0.1, 0.15) is 23.6 Å². The van der Waals surface area contributed by atoms with Crippen molar-refractivity contribution in [3.63, 3.8) is 0 Å². The number of amides is 1. The van der Waals surface area contributed by atoms with Crippen molar-refractivity contribution in [2.75, 3.05) is 5.32 Å². The molecule has 0 aromatic heterocycles. The van der Waals surface area contributed by atoms with Crippen LogP contribution in [0.25, 0.3) is 6.08 Å². The molecule has 6 heteroatoms. The van der Waals surface area contributed by atoms with Gasteiger partial charge in [0.1, 0.15) is 24.0 Å². The van der Waals surface area contributed by atoms with Crippen LogP contribution >= 0.6 is 23.2 Å². The largest absolute Gasteiger partial charge is 0.487 e. The molecule has 0 unspecified atom stereocenters. The molecule has 0 radical (unpaired) electrons. The number of halogens is 2. The van der Waals surface area contributed by atoms with E-state index in [0.717, 1.165) is 17.5 Å². The average molecular weight is 451 g/mol.